The molecule has 3 atom stereocenters. The van der Waals surface area contributed by atoms with Gasteiger partial charge in [-0.25, -0.2) is 0 Å². The lowest BCUT2D eigenvalue weighted by Crippen LogP contribution is -2.45. The normalized spacial score (nSPS) is 26.2. The van der Waals surface area contributed by atoms with Gasteiger partial charge in [0.05, 0.1) is 19.3 Å². The number of amides is 1. The van der Waals surface area contributed by atoms with Crippen molar-refractivity contribution in [1.82, 2.24) is 10.2 Å². The van der Waals surface area contributed by atoms with Gasteiger partial charge >= 0.3 is 0 Å². The fraction of sp³-hybridized carbons (Fsp3) is 0.632. The second-order valence-corrected chi connectivity index (χ2v) is 6.85. The number of nitrogens with zero attached hydrogens (tertiary/aromatic N) is 1. The van der Waals surface area contributed by atoms with Crippen molar-refractivity contribution in [2.75, 3.05) is 39.4 Å². The molecule has 0 aromatic heterocycles. The van der Waals surface area contributed by atoms with Gasteiger partial charge in [0.1, 0.15) is 0 Å². The van der Waals surface area contributed by atoms with Crippen molar-refractivity contribution in [3.8, 4) is 0 Å². The first-order chi connectivity index (χ1) is 11.8. The van der Waals surface area contributed by atoms with Crippen LogP contribution in [0.15, 0.2) is 30.3 Å². The van der Waals surface area contributed by atoms with E-state index < -0.39 is 0 Å². The van der Waals surface area contributed by atoms with Gasteiger partial charge in [-0.15, -0.1) is 0 Å². The second kappa shape index (κ2) is 8.60. The Bertz CT molecular complexity index is 517. The Labute approximate surface area is 144 Å². The van der Waals surface area contributed by atoms with E-state index in [2.05, 4.69) is 34.5 Å². The summed E-state index contributed by atoms with van der Waals surface area (Å²) in [7, 11) is 0. The van der Waals surface area contributed by atoms with Gasteiger partial charge < -0.3 is 15.8 Å². The molecule has 1 unspecified atom stereocenters. The predicted octanol–water partition coefficient (Wildman–Crippen LogP) is 1.55. The Hall–Kier alpha value is -1.43. The number of hydrogen-bond acceptors (Lipinski definition) is 4. The van der Waals surface area contributed by atoms with Gasteiger partial charge in [-0.05, 0) is 30.9 Å². The minimum absolute atomic E-state index is 0.0936. The Morgan fingerprint density at radius 3 is 2.71 bits per heavy atom. The second-order valence-electron chi connectivity index (χ2n) is 6.85. The summed E-state index contributed by atoms with van der Waals surface area (Å²) in [5.41, 5.74) is 7.08. The Morgan fingerprint density at radius 1 is 1.25 bits per heavy atom. The molecule has 1 saturated carbocycles. The smallest absolute Gasteiger partial charge is 0.223 e. The molecule has 1 heterocycles. The largest absolute Gasteiger partial charge is 0.379 e. The van der Waals surface area contributed by atoms with Crippen LogP contribution in [0.3, 0.4) is 0 Å². The molecular weight excluding hydrogens is 302 g/mol. The maximum Gasteiger partial charge on any atom is 0.223 e. The third-order valence-corrected chi connectivity index (χ3v) is 5.44. The molecule has 1 amide bonds. The zero-order valence-corrected chi connectivity index (χ0v) is 14.3. The molecule has 5 nitrogen and oxygen atoms in total. The van der Waals surface area contributed by atoms with Crippen LogP contribution in [0, 0.1) is 11.8 Å². The van der Waals surface area contributed by atoms with Crippen LogP contribution in [0.1, 0.15) is 30.9 Å². The molecule has 24 heavy (non-hydrogen) atoms. The molecule has 1 aliphatic carbocycles. The first-order valence-electron chi connectivity index (χ1n) is 9.14. The van der Waals surface area contributed by atoms with Crippen LogP contribution >= 0.6 is 0 Å². The fourth-order valence-electron chi connectivity index (χ4n) is 4.01. The molecule has 0 spiro atoms. The number of hydrogen-bond donors (Lipinski definition) is 2. The van der Waals surface area contributed by atoms with E-state index in [1.54, 1.807) is 0 Å². The summed E-state index contributed by atoms with van der Waals surface area (Å²) in [6.45, 7) is 4.60. The number of rotatable bonds is 6. The van der Waals surface area contributed by atoms with Crippen LogP contribution in [-0.4, -0.2) is 50.2 Å². The molecule has 1 aliphatic heterocycles. The van der Waals surface area contributed by atoms with Gasteiger partial charge in [0.2, 0.25) is 5.91 Å². The van der Waals surface area contributed by atoms with Crippen molar-refractivity contribution in [2.45, 2.75) is 25.3 Å². The number of ether oxygens (including phenoxy) is 1. The summed E-state index contributed by atoms with van der Waals surface area (Å²) in [5.74, 6) is 0.622. The third-order valence-electron chi connectivity index (χ3n) is 5.44. The van der Waals surface area contributed by atoms with Crippen molar-refractivity contribution in [2.24, 2.45) is 17.6 Å². The highest BCUT2D eigenvalue weighted by Crippen LogP contribution is 2.31. The summed E-state index contributed by atoms with van der Waals surface area (Å²) in [4.78, 5) is 15.0. The Balaban J connectivity index is 1.64. The van der Waals surface area contributed by atoms with E-state index in [0.29, 0.717) is 19.0 Å². The van der Waals surface area contributed by atoms with Crippen molar-refractivity contribution in [3.05, 3.63) is 35.9 Å². The SMILES string of the molecule is NC[C@H]1CCC[C@H]1C(=O)NCC(c1ccccc1)N1CCOCC1. The molecule has 3 rings (SSSR count). The average molecular weight is 331 g/mol. The summed E-state index contributed by atoms with van der Waals surface area (Å²) in [5, 5.41) is 3.21. The minimum Gasteiger partial charge on any atom is -0.379 e. The number of morpholine rings is 1. The highest BCUT2D eigenvalue weighted by Gasteiger charge is 2.32. The van der Waals surface area contributed by atoms with E-state index in [9.17, 15) is 4.79 Å². The van der Waals surface area contributed by atoms with E-state index in [1.807, 2.05) is 6.07 Å². The quantitative estimate of drug-likeness (QED) is 0.830. The molecule has 1 saturated heterocycles. The molecule has 0 bridgehead atoms. The first kappa shape index (κ1) is 17.4. The minimum atomic E-state index is 0.0936. The van der Waals surface area contributed by atoms with Crippen molar-refractivity contribution in [3.63, 3.8) is 0 Å². The summed E-state index contributed by atoms with van der Waals surface area (Å²) >= 11 is 0. The molecule has 3 N–H and O–H groups in total. The van der Waals surface area contributed by atoms with E-state index in [1.165, 1.54) is 5.56 Å². The number of benzene rings is 1. The number of carbonyl (C=O) groups excluding carboxylic acids is 1. The third kappa shape index (κ3) is 4.15. The standard InChI is InChI=1S/C19H29N3O2/c20-13-16-7-4-8-17(16)19(23)21-14-18(15-5-2-1-3-6-15)22-9-11-24-12-10-22/h1-3,5-6,16-18H,4,7-14,20H2,(H,21,23)/t16-,17-,18?/m1/s1. The summed E-state index contributed by atoms with van der Waals surface area (Å²) in [6, 6.07) is 10.6. The van der Waals surface area contributed by atoms with Crippen molar-refractivity contribution in [1.29, 1.82) is 0 Å². The van der Waals surface area contributed by atoms with E-state index in [-0.39, 0.29) is 17.9 Å². The Kier molecular flexibility index (Phi) is 6.24. The highest BCUT2D eigenvalue weighted by atomic mass is 16.5. The van der Waals surface area contributed by atoms with Crippen molar-refractivity contribution >= 4 is 5.91 Å². The molecule has 0 radical (unpaired) electrons. The average Bonchev–Trinajstić information content (AvgIpc) is 3.12. The fourth-order valence-corrected chi connectivity index (χ4v) is 4.01. The van der Waals surface area contributed by atoms with Gasteiger partial charge in [-0.1, -0.05) is 36.8 Å². The van der Waals surface area contributed by atoms with Crippen LogP contribution in [0.4, 0.5) is 0 Å². The van der Waals surface area contributed by atoms with Gasteiger partial charge in [-0.3, -0.25) is 9.69 Å². The van der Waals surface area contributed by atoms with E-state index >= 15 is 0 Å². The van der Waals surface area contributed by atoms with Crippen LogP contribution in [0.25, 0.3) is 0 Å². The molecule has 1 aromatic rings. The maximum atomic E-state index is 12.6. The highest BCUT2D eigenvalue weighted by molar-refractivity contribution is 5.79. The van der Waals surface area contributed by atoms with E-state index in [4.69, 9.17) is 10.5 Å². The molecule has 2 aliphatic rings. The molecule has 2 fully saturated rings. The topological polar surface area (TPSA) is 67.6 Å². The summed E-state index contributed by atoms with van der Waals surface area (Å²) in [6.07, 6.45) is 3.17. The predicted molar refractivity (Wildman–Crippen MR) is 94.5 cm³/mol. The zero-order valence-electron chi connectivity index (χ0n) is 14.3. The lowest BCUT2D eigenvalue weighted by Gasteiger charge is -2.35. The molecular formula is C19H29N3O2. The van der Waals surface area contributed by atoms with Gasteiger partial charge in [0, 0.05) is 25.6 Å². The van der Waals surface area contributed by atoms with Crippen LogP contribution in [-0.2, 0) is 9.53 Å². The number of nitrogens with one attached hydrogen (secondary N) is 1. The lowest BCUT2D eigenvalue weighted by atomic mass is 9.95. The maximum absolute atomic E-state index is 12.6. The van der Waals surface area contributed by atoms with E-state index in [0.717, 1.165) is 45.6 Å². The first-order valence-corrected chi connectivity index (χ1v) is 9.14. The van der Waals surface area contributed by atoms with Gasteiger partial charge in [-0.2, -0.15) is 0 Å². The van der Waals surface area contributed by atoms with Crippen LogP contribution < -0.4 is 11.1 Å². The summed E-state index contributed by atoms with van der Waals surface area (Å²) < 4.78 is 5.48. The Morgan fingerprint density at radius 2 is 2.00 bits per heavy atom. The van der Waals surface area contributed by atoms with Crippen LogP contribution in [0.2, 0.25) is 0 Å². The number of carbonyl (C=O) groups is 1. The van der Waals surface area contributed by atoms with Crippen LogP contribution in [0.5, 0.6) is 0 Å². The van der Waals surface area contributed by atoms with Crippen molar-refractivity contribution < 1.29 is 9.53 Å². The molecule has 1 aromatic carbocycles. The van der Waals surface area contributed by atoms with Gasteiger partial charge in [0.25, 0.3) is 0 Å². The zero-order chi connectivity index (χ0) is 16.8. The molecule has 132 valence electrons. The molecule has 5 heteroatoms. The monoisotopic (exact) mass is 331 g/mol. The van der Waals surface area contributed by atoms with Gasteiger partial charge in [0.15, 0.2) is 0 Å². The lowest BCUT2D eigenvalue weighted by molar-refractivity contribution is -0.126. The number of nitrogens with two attached hydrogens (primary N) is 1.